The van der Waals surface area contributed by atoms with E-state index in [0.29, 0.717) is 26.2 Å². The highest BCUT2D eigenvalue weighted by atomic mass is 28.4. The minimum absolute atomic E-state index is 0.300. The third-order valence-electron chi connectivity index (χ3n) is 3.18. The Morgan fingerprint density at radius 2 is 1.53 bits per heavy atom. The smallest absolute Gasteiger partial charge is 0.497 e. The van der Waals surface area contributed by atoms with Crippen LogP contribution in [0.5, 0.6) is 0 Å². The van der Waals surface area contributed by atoms with Gasteiger partial charge in [-0.25, -0.2) is 0 Å². The van der Waals surface area contributed by atoms with Crippen molar-refractivity contribution in [3.63, 3.8) is 0 Å². The lowest BCUT2D eigenvalue weighted by Crippen LogP contribution is -2.74. The van der Waals surface area contributed by atoms with E-state index in [-0.39, 0.29) is 6.10 Å². The molecule has 6 heteroatoms. The largest absolute Gasteiger partial charge is 0.525 e. The molecule has 0 bridgehead atoms. The molecule has 0 saturated carbocycles. The van der Waals surface area contributed by atoms with E-state index in [0.717, 1.165) is 0 Å². The fourth-order valence-corrected chi connectivity index (χ4v) is 5.31. The standard InChI is InChI=1S/C13H29NO4Si/c1-7-13(14,12(6)15-8-2)19(16-9-3,17-10-4)18-11-5/h8,12H,2,7,9-11,14H2,1,3-6H3. The highest BCUT2D eigenvalue weighted by Gasteiger charge is 2.61. The Morgan fingerprint density at radius 3 is 1.79 bits per heavy atom. The molecule has 0 aromatic heterocycles. The van der Waals surface area contributed by atoms with E-state index in [1.54, 1.807) is 0 Å². The number of hydrogen-bond donors (Lipinski definition) is 1. The van der Waals surface area contributed by atoms with E-state index in [1.165, 1.54) is 6.26 Å². The first-order valence-corrected chi connectivity index (χ1v) is 8.67. The topological polar surface area (TPSA) is 62.9 Å². The van der Waals surface area contributed by atoms with E-state index in [9.17, 15) is 0 Å². The van der Waals surface area contributed by atoms with Gasteiger partial charge in [-0.15, -0.1) is 0 Å². The van der Waals surface area contributed by atoms with Gasteiger partial charge in [0, 0.05) is 19.8 Å². The Kier molecular flexibility index (Phi) is 8.52. The molecule has 0 aliphatic carbocycles. The maximum absolute atomic E-state index is 6.58. The van der Waals surface area contributed by atoms with Crippen LogP contribution in [0.3, 0.4) is 0 Å². The lowest BCUT2D eigenvalue weighted by atomic mass is 10.1. The second kappa shape index (κ2) is 8.71. The number of nitrogens with two attached hydrogens (primary N) is 1. The zero-order valence-corrected chi connectivity index (χ0v) is 13.9. The summed E-state index contributed by atoms with van der Waals surface area (Å²) in [6.45, 7) is 14.7. The number of rotatable bonds is 11. The molecular weight excluding hydrogens is 262 g/mol. The maximum Gasteiger partial charge on any atom is 0.525 e. The molecule has 0 fully saturated rings. The predicted octanol–water partition coefficient (Wildman–Crippen LogP) is 2.23. The van der Waals surface area contributed by atoms with Crippen molar-refractivity contribution in [1.82, 2.24) is 0 Å². The molecule has 0 heterocycles. The molecule has 0 saturated heterocycles. The molecule has 0 rings (SSSR count). The molecule has 0 spiro atoms. The first-order chi connectivity index (χ1) is 8.97. The van der Waals surface area contributed by atoms with Crippen molar-refractivity contribution >= 4 is 8.80 Å². The zero-order valence-electron chi connectivity index (χ0n) is 12.9. The Morgan fingerprint density at radius 1 is 1.11 bits per heavy atom. The molecule has 0 radical (unpaired) electrons. The first kappa shape index (κ1) is 18.6. The van der Waals surface area contributed by atoms with Crippen molar-refractivity contribution in [3.05, 3.63) is 12.8 Å². The van der Waals surface area contributed by atoms with Gasteiger partial charge in [0.1, 0.15) is 11.3 Å². The van der Waals surface area contributed by atoms with E-state index >= 15 is 0 Å². The van der Waals surface area contributed by atoms with Crippen LogP contribution in [0.2, 0.25) is 0 Å². The minimum atomic E-state index is -3.04. The average Bonchev–Trinajstić information content (AvgIpc) is 2.38. The fraction of sp³-hybridized carbons (Fsp3) is 0.846. The fourth-order valence-electron chi connectivity index (χ4n) is 2.12. The average molecular weight is 291 g/mol. The van der Waals surface area contributed by atoms with E-state index < -0.39 is 14.0 Å². The van der Waals surface area contributed by atoms with Crippen molar-refractivity contribution in [3.8, 4) is 0 Å². The van der Waals surface area contributed by atoms with Gasteiger partial charge in [0.15, 0.2) is 0 Å². The highest BCUT2D eigenvalue weighted by Crippen LogP contribution is 2.30. The van der Waals surface area contributed by atoms with Crippen LogP contribution in [-0.4, -0.2) is 39.9 Å². The number of hydrogen-bond acceptors (Lipinski definition) is 5. The van der Waals surface area contributed by atoms with Crippen LogP contribution in [0.15, 0.2) is 12.8 Å². The van der Waals surface area contributed by atoms with Crippen LogP contribution in [0, 0.1) is 0 Å². The summed E-state index contributed by atoms with van der Waals surface area (Å²) in [7, 11) is -3.04. The van der Waals surface area contributed by atoms with Gasteiger partial charge in [-0.05, 0) is 34.1 Å². The lowest BCUT2D eigenvalue weighted by Gasteiger charge is -2.44. The van der Waals surface area contributed by atoms with Crippen molar-refractivity contribution in [2.75, 3.05) is 19.8 Å². The Labute approximate surface area is 118 Å². The zero-order chi connectivity index (χ0) is 14.9. The van der Waals surface area contributed by atoms with E-state index in [2.05, 4.69) is 6.58 Å². The predicted molar refractivity (Wildman–Crippen MR) is 78.6 cm³/mol. The molecule has 2 N–H and O–H groups in total. The maximum atomic E-state index is 6.58. The van der Waals surface area contributed by atoms with Gasteiger partial charge in [0.25, 0.3) is 0 Å². The normalized spacial score (nSPS) is 16.7. The van der Waals surface area contributed by atoms with Gasteiger partial charge in [-0.1, -0.05) is 13.5 Å². The molecule has 0 aromatic carbocycles. The molecule has 0 aliphatic heterocycles. The van der Waals surface area contributed by atoms with Crippen LogP contribution >= 0.6 is 0 Å². The lowest BCUT2D eigenvalue weighted by molar-refractivity contribution is 0.00586. The van der Waals surface area contributed by atoms with Gasteiger partial charge in [0.2, 0.25) is 0 Å². The molecule has 114 valence electrons. The molecular formula is C13H29NO4Si. The molecule has 0 aromatic rings. The molecule has 0 amide bonds. The minimum Gasteiger partial charge on any atom is -0.497 e. The first-order valence-electron chi connectivity index (χ1n) is 6.94. The summed E-state index contributed by atoms with van der Waals surface area (Å²) in [5.74, 6) is 0. The SMILES string of the molecule is C=COC(C)C(N)(CC)[Si](OCC)(OCC)OCC. The van der Waals surface area contributed by atoms with Gasteiger partial charge in [-0.3, -0.25) is 0 Å². The molecule has 19 heavy (non-hydrogen) atoms. The molecule has 0 aliphatic rings. The summed E-state index contributed by atoms with van der Waals surface area (Å²) in [5, 5.41) is -0.802. The number of ether oxygens (including phenoxy) is 1. The summed E-state index contributed by atoms with van der Waals surface area (Å²) in [5.41, 5.74) is 6.58. The van der Waals surface area contributed by atoms with Crippen LogP contribution in [0.1, 0.15) is 41.0 Å². The second-order valence-corrected chi connectivity index (χ2v) is 7.10. The Hall–Kier alpha value is -0.403. The molecule has 5 nitrogen and oxygen atoms in total. The van der Waals surface area contributed by atoms with E-state index in [4.69, 9.17) is 23.7 Å². The van der Waals surface area contributed by atoms with E-state index in [1.807, 2.05) is 34.6 Å². The van der Waals surface area contributed by atoms with Crippen molar-refractivity contribution in [2.45, 2.75) is 52.3 Å². The van der Waals surface area contributed by atoms with Gasteiger partial charge >= 0.3 is 8.80 Å². The quantitative estimate of drug-likeness (QED) is 0.467. The molecule has 2 atom stereocenters. The molecule has 2 unspecified atom stereocenters. The van der Waals surface area contributed by atoms with Crippen LogP contribution in [0.4, 0.5) is 0 Å². The van der Waals surface area contributed by atoms with Gasteiger partial charge < -0.3 is 23.7 Å². The Bertz CT molecular complexity index is 248. The summed E-state index contributed by atoms with van der Waals surface area (Å²) >= 11 is 0. The van der Waals surface area contributed by atoms with Gasteiger partial charge in [0.05, 0.1) is 6.26 Å². The third-order valence-corrected chi connectivity index (χ3v) is 7.09. The summed E-state index contributed by atoms with van der Waals surface area (Å²) in [6.07, 6.45) is 1.73. The summed E-state index contributed by atoms with van der Waals surface area (Å²) in [4.78, 5) is 0. The van der Waals surface area contributed by atoms with Crippen molar-refractivity contribution < 1.29 is 18.0 Å². The monoisotopic (exact) mass is 291 g/mol. The van der Waals surface area contributed by atoms with Crippen LogP contribution < -0.4 is 5.73 Å². The van der Waals surface area contributed by atoms with Crippen LogP contribution in [-0.2, 0) is 18.0 Å². The van der Waals surface area contributed by atoms with Crippen molar-refractivity contribution in [2.24, 2.45) is 5.73 Å². The van der Waals surface area contributed by atoms with Gasteiger partial charge in [-0.2, -0.15) is 0 Å². The summed E-state index contributed by atoms with van der Waals surface area (Å²) in [6, 6.07) is 0. The van der Waals surface area contributed by atoms with Crippen LogP contribution in [0.25, 0.3) is 0 Å². The highest BCUT2D eigenvalue weighted by molar-refractivity contribution is 6.64. The third kappa shape index (κ3) is 4.03. The Balaban J connectivity index is 5.50. The summed E-state index contributed by atoms with van der Waals surface area (Å²) < 4.78 is 23.1. The van der Waals surface area contributed by atoms with Crippen molar-refractivity contribution in [1.29, 1.82) is 0 Å². The second-order valence-electron chi connectivity index (χ2n) is 4.19.